The summed E-state index contributed by atoms with van der Waals surface area (Å²) in [6, 6.07) is 11.7. The van der Waals surface area contributed by atoms with Gasteiger partial charge in [-0.25, -0.2) is 9.78 Å². The minimum atomic E-state index is -5.08. The first-order chi connectivity index (χ1) is 16.4. The second kappa shape index (κ2) is 10.2. The van der Waals surface area contributed by atoms with Crippen molar-refractivity contribution in [2.75, 3.05) is 12.4 Å². The number of alkyl halides is 3. The summed E-state index contributed by atoms with van der Waals surface area (Å²) < 4.78 is 46.9. The monoisotopic (exact) mass is 526 g/mol. The van der Waals surface area contributed by atoms with Gasteiger partial charge in [0.05, 0.1) is 12.7 Å². The van der Waals surface area contributed by atoms with Crippen LogP contribution in [0.3, 0.4) is 0 Å². The number of pyridine rings is 1. The molecular weight excluding hydrogens is 508 g/mol. The molecule has 3 rings (SSSR count). The van der Waals surface area contributed by atoms with Gasteiger partial charge >= 0.3 is 12.1 Å². The predicted molar refractivity (Wildman–Crippen MR) is 125 cm³/mol. The lowest BCUT2D eigenvalue weighted by Crippen LogP contribution is -2.46. The van der Waals surface area contributed by atoms with E-state index in [2.05, 4.69) is 15.0 Å². The van der Waals surface area contributed by atoms with Gasteiger partial charge in [-0.05, 0) is 53.6 Å². The van der Waals surface area contributed by atoms with Gasteiger partial charge in [-0.15, -0.1) is 0 Å². The lowest BCUT2D eigenvalue weighted by molar-refractivity contribution is -0.274. The summed E-state index contributed by atoms with van der Waals surface area (Å²) in [4.78, 5) is 28.0. The molecule has 11 heteroatoms. The molecule has 2 N–H and O–H groups in total. The van der Waals surface area contributed by atoms with Crippen molar-refractivity contribution >= 4 is 40.8 Å². The van der Waals surface area contributed by atoms with Crippen molar-refractivity contribution in [1.82, 2.24) is 4.98 Å². The molecule has 6 nitrogen and oxygen atoms in total. The molecule has 0 radical (unpaired) electrons. The number of hydrogen-bond acceptors (Lipinski definition) is 5. The van der Waals surface area contributed by atoms with E-state index in [4.69, 9.17) is 23.2 Å². The number of aromatic nitrogens is 1. The summed E-state index contributed by atoms with van der Waals surface area (Å²) in [5, 5.41) is 13.1. The van der Waals surface area contributed by atoms with Crippen molar-refractivity contribution in [3.05, 3.63) is 93.2 Å². The van der Waals surface area contributed by atoms with Gasteiger partial charge < -0.3 is 15.2 Å². The fourth-order valence-corrected chi connectivity index (χ4v) is 4.11. The molecule has 0 spiro atoms. The topological polar surface area (TPSA) is 88.5 Å². The van der Waals surface area contributed by atoms with E-state index in [9.17, 15) is 27.9 Å². The van der Waals surface area contributed by atoms with E-state index in [-0.39, 0.29) is 26.9 Å². The number of ether oxygens (including phenoxy) is 1. The largest absolute Gasteiger partial charge is 0.465 e. The summed E-state index contributed by atoms with van der Waals surface area (Å²) in [7, 11) is 1.22. The molecule has 0 aliphatic rings. The zero-order chi connectivity index (χ0) is 26.0. The number of esters is 1. The van der Waals surface area contributed by atoms with E-state index < -0.39 is 35.1 Å². The Morgan fingerprint density at radius 1 is 1.06 bits per heavy atom. The van der Waals surface area contributed by atoms with Crippen LogP contribution < -0.4 is 5.32 Å². The number of aliphatic hydroxyl groups is 1. The van der Waals surface area contributed by atoms with Gasteiger partial charge in [-0.3, -0.25) is 4.79 Å². The van der Waals surface area contributed by atoms with Crippen molar-refractivity contribution < 1.29 is 32.6 Å². The van der Waals surface area contributed by atoms with Crippen LogP contribution in [0.25, 0.3) is 0 Å². The maximum absolute atomic E-state index is 14.1. The Bertz CT molecular complexity index is 1270. The first-order valence-electron chi connectivity index (χ1n) is 10.1. The van der Waals surface area contributed by atoms with Gasteiger partial charge in [0.1, 0.15) is 5.15 Å². The highest BCUT2D eigenvalue weighted by molar-refractivity contribution is 6.32. The molecule has 0 aliphatic carbocycles. The van der Waals surface area contributed by atoms with E-state index in [0.29, 0.717) is 5.69 Å². The normalized spacial score (nSPS) is 14.1. The molecule has 2 aromatic carbocycles. The van der Waals surface area contributed by atoms with E-state index in [0.717, 1.165) is 18.3 Å². The summed E-state index contributed by atoms with van der Waals surface area (Å²) >= 11 is 12.0. The highest BCUT2D eigenvalue weighted by atomic mass is 35.5. The molecule has 1 aromatic heterocycles. The number of halogens is 5. The molecule has 0 saturated carbocycles. The fraction of sp³-hybridized carbons (Fsp3) is 0.208. The molecular formula is C24H19Cl2F3N2O4. The molecule has 1 amide bonds. The van der Waals surface area contributed by atoms with Crippen LogP contribution in [0.2, 0.25) is 10.2 Å². The average Bonchev–Trinajstić information content (AvgIpc) is 2.81. The Morgan fingerprint density at radius 3 is 2.37 bits per heavy atom. The van der Waals surface area contributed by atoms with Gasteiger partial charge in [0.25, 0.3) is 5.91 Å². The maximum Gasteiger partial charge on any atom is 0.422 e. The third-order valence-electron chi connectivity index (χ3n) is 5.50. The summed E-state index contributed by atoms with van der Waals surface area (Å²) in [6.45, 7) is 1.17. The van der Waals surface area contributed by atoms with Crippen LogP contribution in [0.15, 0.2) is 60.8 Å². The number of nitrogens with zero attached hydrogens (tertiary/aromatic N) is 1. The fourth-order valence-electron chi connectivity index (χ4n) is 3.59. The van der Waals surface area contributed by atoms with Crippen LogP contribution in [-0.4, -0.2) is 35.3 Å². The molecule has 0 aliphatic heterocycles. The number of carbonyl (C=O) groups is 2. The maximum atomic E-state index is 14.1. The van der Waals surface area contributed by atoms with Crippen LogP contribution >= 0.6 is 23.2 Å². The Kier molecular flexibility index (Phi) is 7.74. The zero-order valence-electron chi connectivity index (χ0n) is 18.4. The van der Waals surface area contributed by atoms with Crippen LogP contribution in [0, 0.1) is 0 Å². The van der Waals surface area contributed by atoms with Gasteiger partial charge in [0, 0.05) is 28.4 Å². The van der Waals surface area contributed by atoms with Gasteiger partial charge in [0.2, 0.25) is 0 Å². The standard InChI is InChI=1S/C24H19Cl2F3N2O4/c1-13(23(34,24(27,28)29)16-8-9-30-20(26)12-16)18-7-6-14(11-19(18)25)21(32)31-17-5-3-4-15(10-17)22(33)35-2/h3-13,34H,1-2H3,(H,31,32)/t13-,23-/m1/s1. The Morgan fingerprint density at radius 2 is 1.77 bits per heavy atom. The van der Waals surface area contributed by atoms with Crippen molar-refractivity contribution in [2.45, 2.75) is 24.6 Å². The molecule has 184 valence electrons. The highest BCUT2D eigenvalue weighted by Gasteiger charge is 2.59. The summed E-state index contributed by atoms with van der Waals surface area (Å²) in [5.74, 6) is -2.77. The molecule has 0 saturated heterocycles. The number of methoxy groups -OCH3 is 1. The Labute approximate surface area is 208 Å². The highest BCUT2D eigenvalue weighted by Crippen LogP contribution is 2.50. The van der Waals surface area contributed by atoms with Crippen molar-refractivity contribution in [3.8, 4) is 0 Å². The van der Waals surface area contributed by atoms with E-state index in [1.165, 1.54) is 44.4 Å². The molecule has 0 fully saturated rings. The third-order valence-corrected chi connectivity index (χ3v) is 6.03. The predicted octanol–water partition coefficient (Wildman–Crippen LogP) is 5.98. The van der Waals surface area contributed by atoms with Gasteiger partial charge in [0.15, 0.2) is 5.60 Å². The summed E-state index contributed by atoms with van der Waals surface area (Å²) in [6.07, 6.45) is -4.02. The molecule has 3 aromatic rings. The second-order valence-electron chi connectivity index (χ2n) is 7.62. The molecule has 35 heavy (non-hydrogen) atoms. The van der Waals surface area contributed by atoms with Crippen LogP contribution in [0.1, 0.15) is 44.7 Å². The van der Waals surface area contributed by atoms with Crippen molar-refractivity contribution in [1.29, 1.82) is 0 Å². The number of amides is 1. The Balaban J connectivity index is 1.92. The molecule has 2 atom stereocenters. The number of hydrogen-bond donors (Lipinski definition) is 2. The molecule has 0 bridgehead atoms. The smallest absolute Gasteiger partial charge is 0.422 e. The lowest BCUT2D eigenvalue weighted by Gasteiger charge is -2.37. The quantitative estimate of drug-likeness (QED) is 0.304. The zero-order valence-corrected chi connectivity index (χ0v) is 19.9. The average molecular weight is 527 g/mol. The first-order valence-corrected chi connectivity index (χ1v) is 10.8. The Hall–Kier alpha value is -3.14. The van der Waals surface area contributed by atoms with Crippen LogP contribution in [-0.2, 0) is 10.3 Å². The first kappa shape index (κ1) is 26.5. The number of rotatable bonds is 6. The van der Waals surface area contributed by atoms with E-state index in [1.807, 2.05) is 0 Å². The van der Waals surface area contributed by atoms with Crippen LogP contribution in [0.5, 0.6) is 0 Å². The lowest BCUT2D eigenvalue weighted by atomic mass is 9.78. The van der Waals surface area contributed by atoms with Gasteiger partial charge in [-0.2, -0.15) is 13.2 Å². The number of carbonyl (C=O) groups excluding carboxylic acids is 2. The number of benzene rings is 2. The molecule has 1 heterocycles. The van der Waals surface area contributed by atoms with Crippen molar-refractivity contribution in [2.24, 2.45) is 0 Å². The molecule has 0 unspecified atom stereocenters. The SMILES string of the molecule is COC(=O)c1cccc(NC(=O)c2ccc([C@@H](C)[C@@](O)(c3ccnc(Cl)c3)C(F)(F)F)c(Cl)c2)c1. The van der Waals surface area contributed by atoms with Crippen molar-refractivity contribution in [3.63, 3.8) is 0 Å². The minimum absolute atomic E-state index is 0.0383. The van der Waals surface area contributed by atoms with Gasteiger partial charge in [-0.1, -0.05) is 42.3 Å². The third kappa shape index (κ3) is 5.42. The minimum Gasteiger partial charge on any atom is -0.465 e. The van der Waals surface area contributed by atoms with E-state index in [1.54, 1.807) is 12.1 Å². The summed E-state index contributed by atoms with van der Waals surface area (Å²) in [5.41, 5.74) is -3.30. The number of nitrogens with one attached hydrogen (secondary N) is 1. The van der Waals surface area contributed by atoms with Crippen LogP contribution in [0.4, 0.5) is 18.9 Å². The second-order valence-corrected chi connectivity index (χ2v) is 8.41. The van der Waals surface area contributed by atoms with E-state index >= 15 is 0 Å². The number of anilines is 1.